The molecule has 19 heavy (non-hydrogen) atoms. The molecule has 2 rings (SSSR count). The van der Waals surface area contributed by atoms with E-state index in [9.17, 15) is 13.2 Å². The van der Waals surface area contributed by atoms with Crippen LogP contribution in [-0.4, -0.2) is 19.3 Å². The predicted molar refractivity (Wildman–Crippen MR) is 66.7 cm³/mol. The number of hydrogen-bond donors (Lipinski definition) is 1. The molecule has 1 saturated heterocycles. The normalized spacial score (nSPS) is 23.8. The lowest BCUT2D eigenvalue weighted by molar-refractivity contribution is -0.137. The van der Waals surface area contributed by atoms with Crippen LogP contribution in [0.5, 0.6) is 0 Å². The second-order valence-corrected chi connectivity index (χ2v) is 4.95. The highest BCUT2D eigenvalue weighted by atomic mass is 19.4. The molecule has 1 heterocycles. The lowest BCUT2D eigenvalue weighted by Gasteiger charge is -2.15. The zero-order valence-corrected chi connectivity index (χ0v) is 10.8. The number of hydrogen-bond acceptors (Lipinski definition) is 2. The maximum Gasteiger partial charge on any atom is 0.416 e. The fraction of sp³-hybridized carbons (Fsp3) is 0.571. The maximum atomic E-state index is 12.4. The van der Waals surface area contributed by atoms with Gasteiger partial charge >= 0.3 is 6.18 Å². The Morgan fingerprint density at radius 1 is 1.26 bits per heavy atom. The summed E-state index contributed by atoms with van der Waals surface area (Å²) in [5, 5.41) is 3.27. The first-order valence-corrected chi connectivity index (χ1v) is 6.45. The first-order valence-electron chi connectivity index (χ1n) is 6.45. The van der Waals surface area contributed by atoms with Gasteiger partial charge in [-0.3, -0.25) is 0 Å². The summed E-state index contributed by atoms with van der Waals surface area (Å²) < 4.78 is 42.6. The number of benzene rings is 1. The molecule has 5 heteroatoms. The quantitative estimate of drug-likeness (QED) is 0.909. The van der Waals surface area contributed by atoms with E-state index in [2.05, 4.69) is 12.2 Å². The largest absolute Gasteiger partial charge is 0.416 e. The first-order chi connectivity index (χ1) is 8.97. The SMILES string of the molecule is CC1OCCC1CNCc1ccc(C(F)(F)F)cc1. The summed E-state index contributed by atoms with van der Waals surface area (Å²) >= 11 is 0. The zero-order valence-electron chi connectivity index (χ0n) is 10.8. The second kappa shape index (κ2) is 5.92. The molecule has 1 aromatic rings. The molecule has 1 aromatic carbocycles. The minimum absolute atomic E-state index is 0.264. The second-order valence-electron chi connectivity index (χ2n) is 4.95. The van der Waals surface area contributed by atoms with E-state index < -0.39 is 11.7 Å². The van der Waals surface area contributed by atoms with Gasteiger partial charge in [0.25, 0.3) is 0 Å². The van der Waals surface area contributed by atoms with Crippen molar-refractivity contribution in [2.45, 2.75) is 32.2 Å². The summed E-state index contributed by atoms with van der Waals surface area (Å²) in [5.41, 5.74) is 0.258. The zero-order chi connectivity index (χ0) is 13.9. The summed E-state index contributed by atoms with van der Waals surface area (Å²) in [6.45, 7) is 4.27. The van der Waals surface area contributed by atoms with E-state index in [4.69, 9.17) is 4.74 Å². The van der Waals surface area contributed by atoms with Crippen LogP contribution in [0.15, 0.2) is 24.3 Å². The van der Waals surface area contributed by atoms with Crippen LogP contribution in [-0.2, 0) is 17.5 Å². The minimum Gasteiger partial charge on any atom is -0.378 e. The Morgan fingerprint density at radius 3 is 2.47 bits per heavy atom. The van der Waals surface area contributed by atoms with Crippen molar-refractivity contribution in [3.63, 3.8) is 0 Å². The standard InChI is InChI=1S/C14H18F3NO/c1-10-12(6-7-19-10)9-18-8-11-2-4-13(5-3-11)14(15,16)17/h2-5,10,12,18H,6-9H2,1H3. The van der Waals surface area contributed by atoms with E-state index in [1.807, 2.05) is 0 Å². The minimum atomic E-state index is -4.26. The average Bonchev–Trinajstić information content (AvgIpc) is 2.75. The van der Waals surface area contributed by atoms with Gasteiger partial charge in [0.15, 0.2) is 0 Å². The van der Waals surface area contributed by atoms with Crippen LogP contribution in [0.2, 0.25) is 0 Å². The molecule has 0 radical (unpaired) electrons. The molecule has 2 nitrogen and oxygen atoms in total. The van der Waals surface area contributed by atoms with Crippen LogP contribution in [0.25, 0.3) is 0 Å². The molecule has 1 aliphatic rings. The molecule has 1 aliphatic heterocycles. The molecule has 0 aliphatic carbocycles. The monoisotopic (exact) mass is 273 g/mol. The van der Waals surface area contributed by atoms with Crippen molar-refractivity contribution in [3.05, 3.63) is 35.4 Å². The molecular weight excluding hydrogens is 255 g/mol. The van der Waals surface area contributed by atoms with Crippen LogP contribution in [0.3, 0.4) is 0 Å². The van der Waals surface area contributed by atoms with Crippen molar-refractivity contribution in [2.75, 3.05) is 13.2 Å². The summed E-state index contributed by atoms with van der Waals surface area (Å²) in [4.78, 5) is 0. The summed E-state index contributed by atoms with van der Waals surface area (Å²) in [6, 6.07) is 5.28. The van der Waals surface area contributed by atoms with E-state index >= 15 is 0 Å². The van der Waals surface area contributed by atoms with Gasteiger partial charge in [-0.05, 0) is 37.0 Å². The lowest BCUT2D eigenvalue weighted by atomic mass is 10.0. The smallest absolute Gasteiger partial charge is 0.378 e. The Balaban J connectivity index is 1.80. The molecule has 0 spiro atoms. The number of rotatable bonds is 4. The molecule has 1 fully saturated rings. The van der Waals surface area contributed by atoms with E-state index in [1.54, 1.807) is 0 Å². The molecule has 2 atom stereocenters. The Labute approximate surface area is 111 Å². The number of halogens is 3. The third-order valence-corrected chi connectivity index (χ3v) is 3.55. The number of alkyl halides is 3. The fourth-order valence-corrected chi connectivity index (χ4v) is 2.26. The summed E-state index contributed by atoms with van der Waals surface area (Å²) in [5.74, 6) is 0.495. The van der Waals surface area contributed by atoms with Crippen molar-refractivity contribution in [3.8, 4) is 0 Å². The third-order valence-electron chi connectivity index (χ3n) is 3.55. The van der Waals surface area contributed by atoms with Gasteiger partial charge < -0.3 is 10.1 Å². The van der Waals surface area contributed by atoms with Crippen molar-refractivity contribution >= 4 is 0 Å². The van der Waals surface area contributed by atoms with Crippen molar-refractivity contribution in [2.24, 2.45) is 5.92 Å². The van der Waals surface area contributed by atoms with Crippen molar-refractivity contribution in [1.82, 2.24) is 5.32 Å². The molecule has 1 N–H and O–H groups in total. The maximum absolute atomic E-state index is 12.4. The molecule has 0 saturated carbocycles. The topological polar surface area (TPSA) is 21.3 Å². The van der Waals surface area contributed by atoms with Crippen LogP contribution in [0.1, 0.15) is 24.5 Å². The Bertz CT molecular complexity index is 402. The van der Waals surface area contributed by atoms with Gasteiger partial charge in [-0.2, -0.15) is 13.2 Å². The molecule has 0 bridgehead atoms. The molecule has 106 valence electrons. The van der Waals surface area contributed by atoms with Crippen LogP contribution < -0.4 is 5.32 Å². The average molecular weight is 273 g/mol. The molecule has 0 amide bonds. The van der Waals surface area contributed by atoms with Crippen molar-refractivity contribution < 1.29 is 17.9 Å². The van der Waals surface area contributed by atoms with Gasteiger partial charge in [-0.1, -0.05) is 12.1 Å². The number of nitrogens with one attached hydrogen (secondary N) is 1. The Morgan fingerprint density at radius 2 is 1.95 bits per heavy atom. The van der Waals surface area contributed by atoms with E-state index in [-0.39, 0.29) is 6.10 Å². The highest BCUT2D eigenvalue weighted by Gasteiger charge is 2.29. The van der Waals surface area contributed by atoms with Crippen LogP contribution in [0, 0.1) is 5.92 Å². The Kier molecular flexibility index (Phi) is 4.47. The van der Waals surface area contributed by atoms with E-state index in [1.165, 1.54) is 12.1 Å². The molecule has 0 aromatic heterocycles. The molecular formula is C14H18F3NO. The van der Waals surface area contributed by atoms with E-state index in [0.29, 0.717) is 12.5 Å². The molecule has 2 unspecified atom stereocenters. The Hall–Kier alpha value is -1.07. The number of ether oxygens (including phenoxy) is 1. The van der Waals surface area contributed by atoms with Gasteiger partial charge in [0.1, 0.15) is 0 Å². The summed E-state index contributed by atoms with van der Waals surface area (Å²) in [7, 11) is 0. The van der Waals surface area contributed by atoms with Gasteiger partial charge in [-0.15, -0.1) is 0 Å². The van der Waals surface area contributed by atoms with Crippen molar-refractivity contribution in [1.29, 1.82) is 0 Å². The van der Waals surface area contributed by atoms with E-state index in [0.717, 1.165) is 37.3 Å². The van der Waals surface area contributed by atoms with Crippen LogP contribution in [0.4, 0.5) is 13.2 Å². The lowest BCUT2D eigenvalue weighted by Crippen LogP contribution is -2.26. The third kappa shape index (κ3) is 3.94. The fourth-order valence-electron chi connectivity index (χ4n) is 2.26. The van der Waals surface area contributed by atoms with Gasteiger partial charge in [0.05, 0.1) is 11.7 Å². The van der Waals surface area contributed by atoms with Gasteiger partial charge in [0.2, 0.25) is 0 Å². The highest BCUT2D eigenvalue weighted by Crippen LogP contribution is 2.29. The summed E-state index contributed by atoms with van der Waals surface area (Å²) in [6.07, 6.45) is -2.95. The van der Waals surface area contributed by atoms with Gasteiger partial charge in [0, 0.05) is 19.7 Å². The highest BCUT2D eigenvalue weighted by molar-refractivity contribution is 5.24. The predicted octanol–water partition coefficient (Wildman–Crippen LogP) is 3.22. The van der Waals surface area contributed by atoms with Gasteiger partial charge in [-0.25, -0.2) is 0 Å². The van der Waals surface area contributed by atoms with Crippen LogP contribution >= 0.6 is 0 Å². The first kappa shape index (κ1) is 14.3.